The predicted molar refractivity (Wildman–Crippen MR) is 56.1 cm³/mol. The minimum atomic E-state index is -0.427. The highest BCUT2D eigenvalue weighted by Gasteiger charge is 2.07. The molecule has 0 aliphatic carbocycles. The van der Waals surface area contributed by atoms with Gasteiger partial charge in [-0.15, -0.1) is 0 Å². The number of hydrogen-bond donors (Lipinski definition) is 1. The number of hydrogen-bond acceptors (Lipinski definition) is 3. The second-order valence-corrected chi connectivity index (χ2v) is 3.38. The highest BCUT2D eigenvalue weighted by Crippen LogP contribution is 2.03. The van der Waals surface area contributed by atoms with E-state index < -0.39 is 5.97 Å². The van der Waals surface area contributed by atoms with Gasteiger partial charge in [-0.05, 0) is 13.3 Å². The normalized spacial score (nSPS) is 13.9. The largest absolute Gasteiger partial charge is 0.462 e. The average molecular weight is 221 g/mol. The number of carbonyl (C=O) groups excluding carboxylic acids is 1. The van der Waals surface area contributed by atoms with Gasteiger partial charge in [0.1, 0.15) is 0 Å². The zero-order chi connectivity index (χ0) is 11.0. The molecule has 1 atom stereocenters. The maximum Gasteiger partial charge on any atom is 0.334 e. The molecule has 0 aliphatic heterocycles. The topological polar surface area (TPSA) is 46.5 Å². The van der Waals surface area contributed by atoms with Crippen molar-refractivity contribution in [1.29, 1.82) is 0 Å². The molecule has 0 fully saturated rings. The molecule has 0 aliphatic rings. The summed E-state index contributed by atoms with van der Waals surface area (Å²) in [6, 6.07) is 0. The molecule has 3 nitrogen and oxygen atoms in total. The van der Waals surface area contributed by atoms with Gasteiger partial charge in [0, 0.05) is 17.5 Å². The third-order valence-corrected chi connectivity index (χ3v) is 2.12. The van der Waals surface area contributed by atoms with Crippen LogP contribution in [0.3, 0.4) is 0 Å². The zero-order valence-electron chi connectivity index (χ0n) is 8.62. The maximum atomic E-state index is 11.1. The van der Waals surface area contributed by atoms with E-state index in [2.05, 4.69) is 0 Å². The first-order valence-corrected chi connectivity index (χ1v) is 5.17. The fraction of sp³-hybridized carbons (Fsp3) is 0.700. The summed E-state index contributed by atoms with van der Waals surface area (Å²) in [7, 11) is 0. The van der Waals surface area contributed by atoms with Crippen molar-refractivity contribution >= 4 is 17.6 Å². The lowest BCUT2D eigenvalue weighted by atomic mass is 10.1. The summed E-state index contributed by atoms with van der Waals surface area (Å²) in [6.07, 6.45) is 1.76. The molecule has 1 N–H and O–H groups in total. The molecule has 0 rings (SSSR count). The van der Waals surface area contributed by atoms with Crippen molar-refractivity contribution in [2.45, 2.75) is 39.2 Å². The first-order valence-electron chi connectivity index (χ1n) is 4.74. The summed E-state index contributed by atoms with van der Waals surface area (Å²) in [4.78, 5) is 11.1. The molecule has 0 saturated heterocycles. The van der Waals surface area contributed by atoms with E-state index in [9.17, 15) is 9.90 Å². The molecule has 0 aromatic carbocycles. The summed E-state index contributed by atoms with van der Waals surface area (Å²) >= 11 is 5.33. The van der Waals surface area contributed by atoms with Crippen LogP contribution < -0.4 is 0 Å². The van der Waals surface area contributed by atoms with E-state index in [0.717, 1.165) is 12.8 Å². The second-order valence-electron chi connectivity index (χ2n) is 3.16. The first-order chi connectivity index (χ1) is 6.61. The molecule has 0 amide bonds. The van der Waals surface area contributed by atoms with Crippen LogP contribution in [0.4, 0.5) is 0 Å². The van der Waals surface area contributed by atoms with Crippen LogP contribution in [-0.2, 0) is 9.53 Å². The summed E-state index contributed by atoms with van der Waals surface area (Å²) in [6.45, 7) is 3.81. The number of esters is 1. The molecule has 0 bridgehead atoms. The van der Waals surface area contributed by atoms with Crippen LogP contribution in [-0.4, -0.2) is 23.8 Å². The van der Waals surface area contributed by atoms with E-state index in [-0.39, 0.29) is 12.7 Å². The highest BCUT2D eigenvalue weighted by atomic mass is 35.5. The Labute approximate surface area is 89.7 Å². The van der Waals surface area contributed by atoms with Gasteiger partial charge < -0.3 is 9.84 Å². The fourth-order valence-electron chi connectivity index (χ4n) is 0.924. The van der Waals surface area contributed by atoms with Gasteiger partial charge in [-0.2, -0.15) is 0 Å². The summed E-state index contributed by atoms with van der Waals surface area (Å²) in [5.74, 6) is -0.427. The van der Waals surface area contributed by atoms with Crippen LogP contribution in [0.2, 0.25) is 0 Å². The highest BCUT2D eigenvalue weighted by molar-refractivity contribution is 6.27. The Hall–Kier alpha value is -0.540. The van der Waals surface area contributed by atoms with Gasteiger partial charge in [0.15, 0.2) is 0 Å². The number of aliphatic hydroxyl groups excluding tert-OH is 1. The summed E-state index contributed by atoms with van der Waals surface area (Å²) in [5.41, 5.74) is 1.56. The van der Waals surface area contributed by atoms with Crippen LogP contribution in [0.5, 0.6) is 0 Å². The zero-order valence-corrected chi connectivity index (χ0v) is 9.38. The predicted octanol–water partition coefficient (Wildman–Crippen LogP) is 2.22. The van der Waals surface area contributed by atoms with Crippen molar-refractivity contribution < 1.29 is 14.6 Å². The van der Waals surface area contributed by atoms with Crippen LogP contribution in [0.25, 0.3) is 0 Å². The van der Waals surface area contributed by atoms with Crippen LogP contribution in [0.15, 0.2) is 11.1 Å². The standard InChI is InChI=1S/C10H17ClO3/c1-3-4-9(12)5-6-14-10(13)8(2)7-11/h7,9,12H,3-6H2,1-2H3/b8-7+. The molecule has 0 saturated carbocycles. The molecule has 0 aromatic heterocycles. The molecule has 4 heteroatoms. The van der Waals surface area contributed by atoms with Gasteiger partial charge in [-0.1, -0.05) is 24.9 Å². The SMILES string of the molecule is CCCC(O)CCOC(=O)/C(C)=C/Cl. The molecular weight excluding hydrogens is 204 g/mol. The van der Waals surface area contributed by atoms with E-state index in [1.807, 2.05) is 6.92 Å². The molecule has 82 valence electrons. The summed E-state index contributed by atoms with van der Waals surface area (Å²) < 4.78 is 4.86. The smallest absolute Gasteiger partial charge is 0.334 e. The van der Waals surface area contributed by atoms with Crippen LogP contribution in [0, 0.1) is 0 Å². The Balaban J connectivity index is 3.59. The van der Waals surface area contributed by atoms with Gasteiger partial charge in [0.25, 0.3) is 0 Å². The third-order valence-electron chi connectivity index (χ3n) is 1.79. The number of ether oxygens (including phenoxy) is 1. The van der Waals surface area contributed by atoms with E-state index in [1.165, 1.54) is 5.54 Å². The van der Waals surface area contributed by atoms with Gasteiger partial charge >= 0.3 is 5.97 Å². The number of carbonyl (C=O) groups is 1. The van der Waals surface area contributed by atoms with Crippen molar-refractivity contribution in [1.82, 2.24) is 0 Å². The third kappa shape index (κ3) is 6.00. The second kappa shape index (κ2) is 7.83. The number of rotatable bonds is 6. The lowest BCUT2D eigenvalue weighted by Crippen LogP contribution is -2.13. The lowest BCUT2D eigenvalue weighted by Gasteiger charge is -2.09. The summed E-state index contributed by atoms with van der Waals surface area (Å²) in [5, 5.41) is 9.33. The monoisotopic (exact) mass is 220 g/mol. The van der Waals surface area contributed by atoms with Crippen LogP contribution >= 0.6 is 11.6 Å². The van der Waals surface area contributed by atoms with Gasteiger partial charge in [-0.3, -0.25) is 0 Å². The molecule has 1 unspecified atom stereocenters. The minimum Gasteiger partial charge on any atom is -0.462 e. The molecule has 0 spiro atoms. The Kier molecular flexibility index (Phi) is 7.52. The van der Waals surface area contributed by atoms with Crippen molar-refractivity contribution in [2.24, 2.45) is 0 Å². The van der Waals surface area contributed by atoms with Gasteiger partial charge in [-0.25, -0.2) is 4.79 Å². The minimum absolute atomic E-state index is 0.238. The van der Waals surface area contributed by atoms with Crippen molar-refractivity contribution in [3.8, 4) is 0 Å². The quantitative estimate of drug-likeness (QED) is 0.552. The van der Waals surface area contributed by atoms with Crippen molar-refractivity contribution in [2.75, 3.05) is 6.61 Å². The lowest BCUT2D eigenvalue weighted by molar-refractivity contribution is -0.139. The molecule has 0 aromatic rings. The molecule has 0 radical (unpaired) electrons. The van der Waals surface area contributed by atoms with Gasteiger partial charge in [0.05, 0.1) is 12.7 Å². The Morgan fingerprint density at radius 2 is 2.21 bits per heavy atom. The average Bonchev–Trinajstić information content (AvgIpc) is 2.16. The number of halogens is 1. The van der Waals surface area contributed by atoms with Crippen molar-refractivity contribution in [3.05, 3.63) is 11.1 Å². The van der Waals surface area contributed by atoms with Crippen molar-refractivity contribution in [3.63, 3.8) is 0 Å². The molecular formula is C10H17ClO3. The van der Waals surface area contributed by atoms with E-state index >= 15 is 0 Å². The van der Waals surface area contributed by atoms with Crippen LogP contribution in [0.1, 0.15) is 33.1 Å². The van der Waals surface area contributed by atoms with Gasteiger partial charge in [0.2, 0.25) is 0 Å². The molecule has 14 heavy (non-hydrogen) atoms. The number of aliphatic hydroxyl groups is 1. The van der Waals surface area contributed by atoms with E-state index in [0.29, 0.717) is 12.0 Å². The molecule has 0 heterocycles. The Bertz CT molecular complexity index is 202. The Morgan fingerprint density at radius 1 is 1.57 bits per heavy atom. The van der Waals surface area contributed by atoms with E-state index in [4.69, 9.17) is 16.3 Å². The Morgan fingerprint density at radius 3 is 2.71 bits per heavy atom. The van der Waals surface area contributed by atoms with E-state index in [1.54, 1.807) is 6.92 Å². The first kappa shape index (κ1) is 13.5. The maximum absolute atomic E-state index is 11.1. The fourth-order valence-corrected chi connectivity index (χ4v) is 1.01.